The van der Waals surface area contributed by atoms with Gasteiger partial charge in [-0.25, -0.2) is 0 Å². The summed E-state index contributed by atoms with van der Waals surface area (Å²) in [7, 11) is 0. The van der Waals surface area contributed by atoms with Gasteiger partial charge in [0.15, 0.2) is 0 Å². The van der Waals surface area contributed by atoms with E-state index in [-0.39, 0.29) is 24.0 Å². The molecule has 2 aromatic rings. The minimum absolute atomic E-state index is 0.0586. The summed E-state index contributed by atoms with van der Waals surface area (Å²) in [6.45, 7) is 6.99. The zero-order valence-electron chi connectivity index (χ0n) is 16.0. The average Bonchev–Trinajstić information content (AvgIpc) is 3.25. The summed E-state index contributed by atoms with van der Waals surface area (Å²) < 4.78 is 6.24. The summed E-state index contributed by atoms with van der Waals surface area (Å²) >= 11 is 0. The van der Waals surface area contributed by atoms with E-state index >= 15 is 0 Å². The Labute approximate surface area is 165 Å². The number of anilines is 1. The van der Waals surface area contributed by atoms with Crippen LogP contribution in [0.2, 0.25) is 0 Å². The number of para-hydroxylation sites is 1. The molecule has 0 N–H and O–H groups in total. The normalized spacial score (nSPS) is 21.1. The van der Waals surface area contributed by atoms with Crippen LogP contribution < -0.4 is 4.90 Å². The van der Waals surface area contributed by atoms with E-state index in [4.69, 9.17) is 4.74 Å². The third-order valence-corrected chi connectivity index (χ3v) is 5.46. The number of amides is 2. The van der Waals surface area contributed by atoms with Gasteiger partial charge < -0.3 is 14.5 Å². The molecular formula is C23H24N2O3. The second-order valence-corrected chi connectivity index (χ2v) is 7.42. The summed E-state index contributed by atoms with van der Waals surface area (Å²) in [5.74, 6) is -0.0742. The van der Waals surface area contributed by atoms with E-state index in [2.05, 4.69) is 12.6 Å². The summed E-state index contributed by atoms with van der Waals surface area (Å²) in [5, 5.41) is 0. The summed E-state index contributed by atoms with van der Waals surface area (Å²) in [6.07, 6.45) is 1.46. The highest BCUT2D eigenvalue weighted by molar-refractivity contribution is 6.02. The molecule has 5 nitrogen and oxygen atoms in total. The standard InChI is InChI=1S/C23H24N2O3/c1-3-22(26)24-13-20(25-19-10-5-4-9-18(19)12-23(25)27)21(14-24)28-15-17-8-6-7-16(2)11-17/h3-11,20-21H,1,12-15H2,2H3/t20-,21-/m1/s1. The van der Waals surface area contributed by atoms with Crippen LogP contribution >= 0.6 is 0 Å². The Morgan fingerprint density at radius 1 is 1.21 bits per heavy atom. The van der Waals surface area contributed by atoms with Gasteiger partial charge in [-0.2, -0.15) is 0 Å². The van der Waals surface area contributed by atoms with Crippen molar-refractivity contribution < 1.29 is 14.3 Å². The zero-order chi connectivity index (χ0) is 19.7. The molecule has 2 aliphatic rings. The molecule has 28 heavy (non-hydrogen) atoms. The lowest BCUT2D eigenvalue weighted by Crippen LogP contribution is -2.46. The molecule has 0 saturated carbocycles. The Bertz CT molecular complexity index is 924. The van der Waals surface area contributed by atoms with Gasteiger partial charge >= 0.3 is 0 Å². The summed E-state index contributed by atoms with van der Waals surface area (Å²) in [6, 6.07) is 15.8. The predicted molar refractivity (Wildman–Crippen MR) is 108 cm³/mol. The first-order chi connectivity index (χ1) is 13.6. The van der Waals surface area contributed by atoms with Gasteiger partial charge in [-0.3, -0.25) is 9.59 Å². The van der Waals surface area contributed by atoms with E-state index < -0.39 is 0 Å². The third-order valence-electron chi connectivity index (χ3n) is 5.46. The van der Waals surface area contributed by atoms with Crippen molar-refractivity contribution in [3.05, 3.63) is 77.9 Å². The molecule has 0 unspecified atom stereocenters. The van der Waals surface area contributed by atoms with Crippen LogP contribution in [-0.4, -0.2) is 41.9 Å². The van der Waals surface area contributed by atoms with Crippen LogP contribution in [-0.2, 0) is 27.4 Å². The van der Waals surface area contributed by atoms with Crippen molar-refractivity contribution in [3.8, 4) is 0 Å². The van der Waals surface area contributed by atoms with Gasteiger partial charge in [0.1, 0.15) is 0 Å². The number of aryl methyl sites for hydroxylation is 1. The highest BCUT2D eigenvalue weighted by atomic mass is 16.5. The topological polar surface area (TPSA) is 49.9 Å². The molecule has 4 rings (SSSR count). The van der Waals surface area contributed by atoms with Crippen LogP contribution in [0.4, 0.5) is 5.69 Å². The Balaban J connectivity index is 1.58. The number of hydrogen-bond acceptors (Lipinski definition) is 3. The van der Waals surface area contributed by atoms with Crippen LogP contribution in [0.25, 0.3) is 0 Å². The second-order valence-electron chi connectivity index (χ2n) is 7.42. The molecule has 2 heterocycles. The van der Waals surface area contributed by atoms with Gasteiger partial charge in [-0.1, -0.05) is 54.6 Å². The second kappa shape index (κ2) is 7.60. The van der Waals surface area contributed by atoms with Crippen molar-refractivity contribution >= 4 is 17.5 Å². The Morgan fingerprint density at radius 3 is 2.82 bits per heavy atom. The van der Waals surface area contributed by atoms with Gasteiger partial charge in [-0.05, 0) is 30.2 Å². The lowest BCUT2D eigenvalue weighted by molar-refractivity contribution is -0.125. The van der Waals surface area contributed by atoms with Crippen LogP contribution in [0.3, 0.4) is 0 Å². The largest absolute Gasteiger partial charge is 0.369 e. The molecule has 1 saturated heterocycles. The van der Waals surface area contributed by atoms with E-state index in [1.807, 2.05) is 54.3 Å². The van der Waals surface area contributed by atoms with Gasteiger partial charge in [0, 0.05) is 18.8 Å². The minimum Gasteiger partial charge on any atom is -0.369 e. The Hall–Kier alpha value is -2.92. The number of carbonyl (C=O) groups excluding carboxylic acids is 2. The molecule has 2 atom stereocenters. The van der Waals surface area contributed by atoms with E-state index in [9.17, 15) is 9.59 Å². The molecule has 0 radical (unpaired) electrons. The smallest absolute Gasteiger partial charge is 0.246 e. The molecule has 2 amide bonds. The SMILES string of the molecule is C=CC(=O)N1C[C@@H](N2C(=O)Cc3ccccc32)[C@H](OCc2cccc(C)c2)C1. The maximum absolute atomic E-state index is 12.8. The Morgan fingerprint density at radius 2 is 2.04 bits per heavy atom. The maximum atomic E-state index is 12.8. The predicted octanol–water partition coefficient (Wildman–Crippen LogP) is 2.87. The fourth-order valence-corrected chi connectivity index (χ4v) is 4.12. The fourth-order valence-electron chi connectivity index (χ4n) is 4.12. The van der Waals surface area contributed by atoms with Crippen LogP contribution in [0.5, 0.6) is 0 Å². The van der Waals surface area contributed by atoms with Gasteiger partial charge in [-0.15, -0.1) is 0 Å². The van der Waals surface area contributed by atoms with Crippen molar-refractivity contribution in [2.45, 2.75) is 32.1 Å². The molecule has 144 valence electrons. The van der Waals surface area contributed by atoms with Gasteiger partial charge in [0.05, 0.1) is 25.2 Å². The van der Waals surface area contributed by atoms with Crippen molar-refractivity contribution in [2.24, 2.45) is 0 Å². The van der Waals surface area contributed by atoms with Gasteiger partial charge in [0.2, 0.25) is 11.8 Å². The third kappa shape index (κ3) is 3.45. The van der Waals surface area contributed by atoms with Crippen LogP contribution in [0.15, 0.2) is 61.2 Å². The van der Waals surface area contributed by atoms with Crippen LogP contribution in [0, 0.1) is 6.92 Å². The fraction of sp³-hybridized carbons (Fsp3) is 0.304. The van der Waals surface area contributed by atoms with Crippen molar-refractivity contribution in [2.75, 3.05) is 18.0 Å². The molecule has 1 fully saturated rings. The molecule has 0 aromatic heterocycles. The number of rotatable bonds is 5. The summed E-state index contributed by atoms with van der Waals surface area (Å²) in [5.41, 5.74) is 4.21. The number of benzene rings is 2. The molecule has 2 aliphatic heterocycles. The van der Waals surface area contributed by atoms with E-state index in [1.165, 1.54) is 11.6 Å². The average molecular weight is 376 g/mol. The van der Waals surface area contributed by atoms with Crippen LogP contribution in [0.1, 0.15) is 16.7 Å². The molecule has 0 spiro atoms. The van der Waals surface area contributed by atoms with E-state index in [1.54, 1.807) is 4.90 Å². The van der Waals surface area contributed by atoms with Gasteiger partial charge in [0.25, 0.3) is 0 Å². The monoisotopic (exact) mass is 376 g/mol. The highest BCUT2D eigenvalue weighted by Crippen LogP contribution is 2.34. The molecule has 0 bridgehead atoms. The number of nitrogens with zero attached hydrogens (tertiary/aromatic N) is 2. The number of likely N-dealkylation sites (tertiary alicyclic amines) is 1. The molecule has 2 aromatic carbocycles. The van der Waals surface area contributed by atoms with E-state index in [0.717, 1.165) is 16.8 Å². The van der Waals surface area contributed by atoms with Crippen molar-refractivity contribution in [3.63, 3.8) is 0 Å². The molecule has 0 aliphatic carbocycles. The van der Waals surface area contributed by atoms with E-state index in [0.29, 0.717) is 26.1 Å². The quantitative estimate of drug-likeness (QED) is 0.754. The molecule has 5 heteroatoms. The maximum Gasteiger partial charge on any atom is 0.246 e. The number of hydrogen-bond donors (Lipinski definition) is 0. The molecular weight excluding hydrogens is 352 g/mol. The highest BCUT2D eigenvalue weighted by Gasteiger charge is 2.44. The number of fused-ring (bicyclic) bond motifs is 1. The van der Waals surface area contributed by atoms with Crippen molar-refractivity contribution in [1.82, 2.24) is 4.90 Å². The minimum atomic E-state index is -0.250. The first-order valence-corrected chi connectivity index (χ1v) is 9.55. The lowest BCUT2D eigenvalue weighted by atomic mass is 10.1. The zero-order valence-corrected chi connectivity index (χ0v) is 16.0. The number of ether oxygens (including phenoxy) is 1. The first kappa shape index (κ1) is 18.4. The van der Waals surface area contributed by atoms with Crippen molar-refractivity contribution in [1.29, 1.82) is 0 Å². The summed E-state index contributed by atoms with van der Waals surface area (Å²) in [4.78, 5) is 28.5. The number of carbonyl (C=O) groups is 2. The lowest BCUT2D eigenvalue weighted by Gasteiger charge is -2.29. The first-order valence-electron chi connectivity index (χ1n) is 9.55. The Kier molecular flexibility index (Phi) is 5.01.